The molecule has 9 nitrogen and oxygen atoms in total. The molecule has 0 bridgehead atoms. The van der Waals surface area contributed by atoms with Gasteiger partial charge in [-0.3, -0.25) is 4.79 Å². The lowest BCUT2D eigenvalue weighted by molar-refractivity contribution is -0.144. The maximum Gasteiger partial charge on any atom is 0.451 e. The molecule has 1 amide bonds. The minimum Gasteiger partial charge on any atom is -0.414 e. The SMILES string of the molecule is Cc1nc(C)c(-c2nnc(-c3ccnc(C(F)(F)F)n3)o2)c(C2CCN(C(=O)[C@H](C)c3c(F)cccc3F)CC2)n1. The van der Waals surface area contributed by atoms with Gasteiger partial charge in [0.05, 0.1) is 22.9 Å². The van der Waals surface area contributed by atoms with Gasteiger partial charge in [-0.15, -0.1) is 10.2 Å². The van der Waals surface area contributed by atoms with E-state index < -0.39 is 29.6 Å². The molecule has 214 valence electrons. The number of carbonyl (C=O) groups excluding carboxylic acids is 1. The second-order valence-electron chi connectivity index (χ2n) is 9.75. The van der Waals surface area contributed by atoms with Crippen LogP contribution in [0.5, 0.6) is 0 Å². The van der Waals surface area contributed by atoms with Crippen LogP contribution >= 0.6 is 0 Å². The number of piperidine rings is 1. The van der Waals surface area contributed by atoms with Gasteiger partial charge in [-0.25, -0.2) is 28.7 Å². The summed E-state index contributed by atoms with van der Waals surface area (Å²) in [6.07, 6.45) is -2.81. The van der Waals surface area contributed by atoms with E-state index in [9.17, 15) is 26.7 Å². The summed E-state index contributed by atoms with van der Waals surface area (Å²) in [5.74, 6) is -4.12. The highest BCUT2D eigenvalue weighted by molar-refractivity contribution is 5.83. The molecule has 4 aromatic rings. The first kappa shape index (κ1) is 28.2. The van der Waals surface area contributed by atoms with Crippen LogP contribution in [-0.4, -0.2) is 54.0 Å². The Morgan fingerprint density at radius 2 is 1.66 bits per heavy atom. The Hall–Kier alpha value is -4.36. The van der Waals surface area contributed by atoms with Crippen LogP contribution in [0, 0.1) is 25.5 Å². The van der Waals surface area contributed by atoms with Crippen LogP contribution in [-0.2, 0) is 11.0 Å². The fourth-order valence-corrected chi connectivity index (χ4v) is 5.04. The lowest BCUT2D eigenvalue weighted by atomic mass is 9.88. The molecule has 1 aromatic carbocycles. The molecule has 0 saturated carbocycles. The van der Waals surface area contributed by atoms with Gasteiger partial charge in [0.15, 0.2) is 0 Å². The first-order valence-corrected chi connectivity index (χ1v) is 12.8. The number of alkyl halides is 3. The number of hydrogen-bond donors (Lipinski definition) is 0. The van der Waals surface area contributed by atoms with E-state index >= 15 is 0 Å². The number of benzene rings is 1. The zero-order valence-electron chi connectivity index (χ0n) is 22.2. The van der Waals surface area contributed by atoms with Crippen molar-refractivity contribution in [3.8, 4) is 23.0 Å². The molecule has 0 spiro atoms. The Morgan fingerprint density at radius 1 is 1.00 bits per heavy atom. The Kier molecular flexibility index (Phi) is 7.49. The van der Waals surface area contributed by atoms with Crippen molar-refractivity contribution in [2.45, 2.75) is 51.6 Å². The van der Waals surface area contributed by atoms with Crippen LogP contribution in [0.1, 0.15) is 60.2 Å². The van der Waals surface area contributed by atoms with Crippen LogP contribution < -0.4 is 0 Å². The maximum absolute atomic E-state index is 14.3. The van der Waals surface area contributed by atoms with Gasteiger partial charge in [0.2, 0.25) is 11.7 Å². The summed E-state index contributed by atoms with van der Waals surface area (Å²) in [5.41, 5.74) is 1.13. The minimum atomic E-state index is -4.75. The molecule has 14 heteroatoms. The van der Waals surface area contributed by atoms with Crippen molar-refractivity contribution < 1.29 is 31.2 Å². The van der Waals surface area contributed by atoms with E-state index in [1.54, 1.807) is 18.7 Å². The number of nitrogens with zero attached hydrogens (tertiary/aromatic N) is 7. The number of aromatic nitrogens is 6. The van der Waals surface area contributed by atoms with Crippen LogP contribution in [0.4, 0.5) is 22.0 Å². The van der Waals surface area contributed by atoms with E-state index in [4.69, 9.17) is 4.42 Å². The highest BCUT2D eigenvalue weighted by Crippen LogP contribution is 2.37. The predicted molar refractivity (Wildman–Crippen MR) is 134 cm³/mol. The molecule has 0 N–H and O–H groups in total. The largest absolute Gasteiger partial charge is 0.451 e. The van der Waals surface area contributed by atoms with Gasteiger partial charge in [-0.05, 0) is 51.8 Å². The molecule has 4 heterocycles. The van der Waals surface area contributed by atoms with Crippen molar-refractivity contribution in [2.75, 3.05) is 13.1 Å². The summed E-state index contributed by atoms with van der Waals surface area (Å²) in [4.78, 5) is 30.5. The molecule has 0 aliphatic carbocycles. The molecule has 1 aliphatic heterocycles. The molecule has 1 aliphatic rings. The Morgan fingerprint density at radius 3 is 2.32 bits per heavy atom. The lowest BCUT2D eigenvalue weighted by Gasteiger charge is -2.34. The van der Waals surface area contributed by atoms with E-state index in [1.165, 1.54) is 19.1 Å². The van der Waals surface area contributed by atoms with Crippen molar-refractivity contribution in [3.63, 3.8) is 0 Å². The zero-order chi connectivity index (χ0) is 29.5. The lowest BCUT2D eigenvalue weighted by Crippen LogP contribution is -2.40. The predicted octanol–water partition coefficient (Wildman–Crippen LogP) is 5.41. The van der Waals surface area contributed by atoms with E-state index in [1.807, 2.05) is 0 Å². The van der Waals surface area contributed by atoms with Gasteiger partial charge in [-0.2, -0.15) is 13.2 Å². The molecule has 41 heavy (non-hydrogen) atoms. The summed E-state index contributed by atoms with van der Waals surface area (Å²) in [7, 11) is 0. The third kappa shape index (κ3) is 5.63. The zero-order valence-corrected chi connectivity index (χ0v) is 22.2. The molecule has 3 aromatic heterocycles. The third-order valence-electron chi connectivity index (χ3n) is 6.99. The standard InChI is InChI=1S/C27H24F5N7O2/c1-13(20-17(28)5-4-6-18(20)29)25(40)39-11-8-16(9-12-39)22-21(14(2)34-15(3)35-22)24-38-37-23(41-24)19-7-10-33-26(36-19)27(30,31)32/h4-7,10,13,16H,8-9,11-12H2,1-3H3/t13-/m1/s1. The van der Waals surface area contributed by atoms with Crippen molar-refractivity contribution in [2.24, 2.45) is 0 Å². The Labute approximate surface area is 230 Å². The summed E-state index contributed by atoms with van der Waals surface area (Å²) < 4.78 is 73.5. The number of hydrogen-bond acceptors (Lipinski definition) is 8. The van der Waals surface area contributed by atoms with Gasteiger partial charge >= 0.3 is 6.18 Å². The summed E-state index contributed by atoms with van der Waals surface area (Å²) in [6.45, 7) is 5.58. The average molecular weight is 574 g/mol. The fourth-order valence-electron chi connectivity index (χ4n) is 5.04. The van der Waals surface area contributed by atoms with E-state index in [0.29, 0.717) is 48.7 Å². The van der Waals surface area contributed by atoms with Crippen LogP contribution in [0.25, 0.3) is 23.0 Å². The number of amides is 1. The highest BCUT2D eigenvalue weighted by atomic mass is 19.4. The summed E-state index contributed by atoms with van der Waals surface area (Å²) in [5, 5.41) is 7.93. The van der Waals surface area contributed by atoms with E-state index in [2.05, 4.69) is 30.1 Å². The van der Waals surface area contributed by atoms with Gasteiger partial charge in [0, 0.05) is 30.8 Å². The number of aryl methyl sites for hydroxylation is 2. The smallest absolute Gasteiger partial charge is 0.414 e. The maximum atomic E-state index is 14.3. The Balaban J connectivity index is 1.38. The molecular weight excluding hydrogens is 549 g/mol. The molecule has 1 saturated heterocycles. The number of carbonyl (C=O) groups is 1. The first-order valence-electron chi connectivity index (χ1n) is 12.8. The number of halogens is 5. The van der Waals surface area contributed by atoms with Crippen molar-refractivity contribution >= 4 is 5.91 Å². The van der Waals surface area contributed by atoms with Crippen LogP contribution in [0.2, 0.25) is 0 Å². The first-order chi connectivity index (χ1) is 19.4. The van der Waals surface area contributed by atoms with Crippen molar-refractivity contribution in [1.82, 2.24) is 35.0 Å². The van der Waals surface area contributed by atoms with E-state index in [0.717, 1.165) is 18.3 Å². The van der Waals surface area contributed by atoms with Gasteiger partial charge in [0.1, 0.15) is 23.2 Å². The molecule has 0 unspecified atom stereocenters. The fraction of sp³-hybridized carbons (Fsp3) is 0.370. The van der Waals surface area contributed by atoms with Crippen LogP contribution in [0.3, 0.4) is 0 Å². The highest BCUT2D eigenvalue weighted by Gasteiger charge is 2.36. The third-order valence-corrected chi connectivity index (χ3v) is 6.99. The normalized spacial score (nSPS) is 15.3. The van der Waals surface area contributed by atoms with Gasteiger partial charge in [-0.1, -0.05) is 6.07 Å². The minimum absolute atomic E-state index is 0.0156. The van der Waals surface area contributed by atoms with E-state index in [-0.39, 0.29) is 34.9 Å². The second-order valence-corrected chi connectivity index (χ2v) is 9.75. The Bertz CT molecular complexity index is 1580. The summed E-state index contributed by atoms with van der Waals surface area (Å²) >= 11 is 0. The monoisotopic (exact) mass is 573 g/mol. The summed E-state index contributed by atoms with van der Waals surface area (Å²) in [6, 6.07) is 4.73. The van der Waals surface area contributed by atoms with Crippen molar-refractivity contribution in [3.05, 3.63) is 70.7 Å². The number of rotatable bonds is 5. The van der Waals surface area contributed by atoms with Gasteiger partial charge < -0.3 is 9.32 Å². The molecular formula is C27H24F5N7O2. The molecule has 1 atom stereocenters. The van der Waals surface area contributed by atoms with Crippen LogP contribution in [0.15, 0.2) is 34.9 Å². The average Bonchev–Trinajstić information content (AvgIpc) is 3.41. The van der Waals surface area contributed by atoms with Gasteiger partial charge in [0.25, 0.3) is 11.8 Å². The quantitative estimate of drug-likeness (QED) is 0.292. The molecule has 5 rings (SSSR count). The molecule has 1 fully saturated rings. The molecule has 0 radical (unpaired) electrons. The second kappa shape index (κ2) is 10.9. The topological polar surface area (TPSA) is 111 Å². The number of likely N-dealkylation sites (tertiary alicyclic amines) is 1. The van der Waals surface area contributed by atoms with Crippen molar-refractivity contribution in [1.29, 1.82) is 0 Å².